The molecule has 94 valence electrons. The van der Waals surface area contributed by atoms with Gasteiger partial charge in [0, 0.05) is 20.2 Å². The smallest absolute Gasteiger partial charge is 0.323 e. The standard InChI is InChI=1S/C9H17NO5S/c1-15-7-8(9(11)12)10-3-2-5-16(13,14)6-4-10/h8H,2-7H2,1H3,(H,11,12). The zero-order valence-corrected chi connectivity index (χ0v) is 10.1. The van der Waals surface area contributed by atoms with Gasteiger partial charge >= 0.3 is 5.97 Å². The molecule has 0 aromatic rings. The Bertz CT molecular complexity index is 340. The van der Waals surface area contributed by atoms with Gasteiger partial charge in [-0.2, -0.15) is 0 Å². The maximum Gasteiger partial charge on any atom is 0.323 e. The summed E-state index contributed by atoms with van der Waals surface area (Å²) in [5, 5.41) is 9.01. The number of carbonyl (C=O) groups is 1. The SMILES string of the molecule is COCC(C(=O)O)N1CCCS(=O)(=O)CC1. The molecule has 7 heteroatoms. The molecule has 0 spiro atoms. The molecule has 0 aromatic heterocycles. The highest BCUT2D eigenvalue weighted by atomic mass is 32.2. The van der Waals surface area contributed by atoms with Crippen molar-refractivity contribution in [2.75, 3.05) is 38.3 Å². The van der Waals surface area contributed by atoms with Crippen LogP contribution in [0.25, 0.3) is 0 Å². The summed E-state index contributed by atoms with van der Waals surface area (Å²) in [5.41, 5.74) is 0. The van der Waals surface area contributed by atoms with E-state index in [1.165, 1.54) is 7.11 Å². The number of methoxy groups -OCH3 is 1. The van der Waals surface area contributed by atoms with Crippen molar-refractivity contribution in [3.8, 4) is 0 Å². The van der Waals surface area contributed by atoms with Crippen molar-refractivity contribution in [3.63, 3.8) is 0 Å². The van der Waals surface area contributed by atoms with Gasteiger partial charge in [0.2, 0.25) is 0 Å². The first-order valence-corrected chi connectivity index (χ1v) is 6.94. The average Bonchev–Trinajstić information content (AvgIpc) is 2.35. The first kappa shape index (κ1) is 13.4. The van der Waals surface area contributed by atoms with E-state index in [9.17, 15) is 13.2 Å². The molecule has 1 rings (SSSR count). The van der Waals surface area contributed by atoms with Crippen LogP contribution in [0.3, 0.4) is 0 Å². The fourth-order valence-electron chi connectivity index (χ4n) is 1.76. The minimum atomic E-state index is -3.00. The Hall–Kier alpha value is -0.660. The lowest BCUT2D eigenvalue weighted by atomic mass is 10.2. The van der Waals surface area contributed by atoms with Crippen LogP contribution in [0.5, 0.6) is 0 Å². The van der Waals surface area contributed by atoms with E-state index in [2.05, 4.69) is 0 Å². The fraction of sp³-hybridized carbons (Fsp3) is 0.889. The van der Waals surface area contributed by atoms with Crippen molar-refractivity contribution in [1.29, 1.82) is 0 Å². The number of nitrogens with zero attached hydrogens (tertiary/aromatic N) is 1. The average molecular weight is 251 g/mol. The number of sulfone groups is 1. The lowest BCUT2D eigenvalue weighted by Gasteiger charge is -2.26. The van der Waals surface area contributed by atoms with Crippen molar-refractivity contribution in [1.82, 2.24) is 4.90 Å². The highest BCUT2D eigenvalue weighted by molar-refractivity contribution is 7.91. The molecule has 1 N–H and O–H groups in total. The first-order valence-electron chi connectivity index (χ1n) is 5.12. The van der Waals surface area contributed by atoms with E-state index in [-0.39, 0.29) is 24.7 Å². The minimum Gasteiger partial charge on any atom is -0.480 e. The van der Waals surface area contributed by atoms with E-state index in [4.69, 9.17) is 9.84 Å². The summed E-state index contributed by atoms with van der Waals surface area (Å²) in [6, 6.07) is -0.752. The van der Waals surface area contributed by atoms with Gasteiger partial charge in [-0.3, -0.25) is 9.69 Å². The van der Waals surface area contributed by atoms with Crippen molar-refractivity contribution in [2.24, 2.45) is 0 Å². The van der Waals surface area contributed by atoms with Gasteiger partial charge in [-0.25, -0.2) is 8.42 Å². The molecule has 0 saturated carbocycles. The molecule has 0 aliphatic carbocycles. The molecule has 0 amide bonds. The monoisotopic (exact) mass is 251 g/mol. The van der Waals surface area contributed by atoms with Crippen LogP contribution >= 0.6 is 0 Å². The number of hydrogen-bond donors (Lipinski definition) is 1. The Balaban J connectivity index is 2.68. The Kier molecular flexibility index (Phi) is 4.69. The van der Waals surface area contributed by atoms with Crippen LogP contribution in [-0.4, -0.2) is 68.7 Å². The summed E-state index contributed by atoms with van der Waals surface area (Å²) in [7, 11) is -1.57. The van der Waals surface area contributed by atoms with Gasteiger partial charge in [-0.15, -0.1) is 0 Å². The molecule has 16 heavy (non-hydrogen) atoms. The van der Waals surface area contributed by atoms with Gasteiger partial charge in [0.05, 0.1) is 18.1 Å². The van der Waals surface area contributed by atoms with Crippen LogP contribution in [0.2, 0.25) is 0 Å². The normalized spacial score (nSPS) is 23.6. The molecular weight excluding hydrogens is 234 g/mol. The van der Waals surface area contributed by atoms with Crippen LogP contribution in [0, 0.1) is 0 Å². The predicted molar refractivity (Wildman–Crippen MR) is 58.1 cm³/mol. The first-order chi connectivity index (χ1) is 7.46. The molecule has 1 aliphatic rings. The van der Waals surface area contributed by atoms with Gasteiger partial charge in [0.1, 0.15) is 6.04 Å². The van der Waals surface area contributed by atoms with E-state index >= 15 is 0 Å². The molecule has 1 fully saturated rings. The third kappa shape index (κ3) is 3.73. The van der Waals surface area contributed by atoms with Crippen LogP contribution in [0.15, 0.2) is 0 Å². The summed E-state index contributed by atoms with van der Waals surface area (Å²) in [5.74, 6) is -0.801. The second-order valence-corrected chi connectivity index (χ2v) is 6.15. The molecule has 1 unspecified atom stereocenters. The molecule has 0 radical (unpaired) electrons. The van der Waals surface area contributed by atoms with Crippen LogP contribution in [0.1, 0.15) is 6.42 Å². The van der Waals surface area contributed by atoms with E-state index in [1.54, 1.807) is 4.90 Å². The van der Waals surface area contributed by atoms with Gasteiger partial charge in [0.25, 0.3) is 0 Å². The second-order valence-electron chi connectivity index (χ2n) is 3.85. The van der Waals surface area contributed by atoms with Gasteiger partial charge in [-0.1, -0.05) is 0 Å². The highest BCUT2D eigenvalue weighted by Gasteiger charge is 2.29. The molecule has 0 bridgehead atoms. The molecule has 1 heterocycles. The molecule has 0 aromatic carbocycles. The Morgan fingerprint density at radius 3 is 2.69 bits per heavy atom. The lowest BCUT2D eigenvalue weighted by Crippen LogP contribution is -2.45. The number of rotatable bonds is 4. The van der Waals surface area contributed by atoms with E-state index in [0.29, 0.717) is 13.0 Å². The largest absolute Gasteiger partial charge is 0.480 e. The number of hydrogen-bond acceptors (Lipinski definition) is 5. The van der Waals surface area contributed by atoms with E-state index in [0.717, 1.165) is 0 Å². The number of ether oxygens (including phenoxy) is 1. The summed E-state index contributed by atoms with van der Waals surface area (Å²) in [6.07, 6.45) is 0.482. The molecule has 1 atom stereocenters. The van der Waals surface area contributed by atoms with E-state index < -0.39 is 21.8 Å². The fourth-order valence-corrected chi connectivity index (χ4v) is 3.05. The maximum atomic E-state index is 11.4. The third-order valence-corrected chi connectivity index (χ3v) is 4.36. The topological polar surface area (TPSA) is 83.9 Å². The molecule has 1 saturated heterocycles. The minimum absolute atomic E-state index is 0.0283. The van der Waals surface area contributed by atoms with Gasteiger partial charge in [-0.05, 0) is 6.42 Å². The van der Waals surface area contributed by atoms with Crippen LogP contribution in [0.4, 0.5) is 0 Å². The lowest BCUT2D eigenvalue weighted by molar-refractivity contribution is -0.145. The second kappa shape index (κ2) is 5.60. The van der Waals surface area contributed by atoms with Crippen molar-refractivity contribution in [2.45, 2.75) is 12.5 Å². The van der Waals surface area contributed by atoms with Crippen molar-refractivity contribution in [3.05, 3.63) is 0 Å². The van der Waals surface area contributed by atoms with Crippen molar-refractivity contribution < 1.29 is 23.1 Å². The number of aliphatic carboxylic acids is 1. The summed E-state index contributed by atoms with van der Waals surface area (Å²) in [4.78, 5) is 12.7. The number of carboxylic acids is 1. The predicted octanol–water partition coefficient (Wildman–Crippen LogP) is -0.793. The molecule has 6 nitrogen and oxygen atoms in total. The zero-order valence-electron chi connectivity index (χ0n) is 9.26. The van der Waals surface area contributed by atoms with Crippen LogP contribution in [-0.2, 0) is 19.4 Å². The van der Waals surface area contributed by atoms with Crippen molar-refractivity contribution >= 4 is 15.8 Å². The Morgan fingerprint density at radius 2 is 2.12 bits per heavy atom. The van der Waals surface area contributed by atoms with Gasteiger partial charge in [0.15, 0.2) is 9.84 Å². The summed E-state index contributed by atoms with van der Waals surface area (Å²) in [6.45, 7) is 0.831. The quantitative estimate of drug-likeness (QED) is 0.704. The van der Waals surface area contributed by atoms with Gasteiger partial charge < -0.3 is 9.84 Å². The number of carboxylic acid groups (broad SMARTS) is 1. The summed E-state index contributed by atoms with van der Waals surface area (Å²) >= 11 is 0. The Labute approximate surface area is 95.1 Å². The Morgan fingerprint density at radius 1 is 1.44 bits per heavy atom. The van der Waals surface area contributed by atoms with Crippen LogP contribution < -0.4 is 0 Å². The maximum absolute atomic E-state index is 11.4. The molecular formula is C9H17NO5S. The zero-order chi connectivity index (χ0) is 12.2. The summed E-state index contributed by atoms with van der Waals surface area (Å²) < 4.78 is 27.6. The third-order valence-electron chi connectivity index (χ3n) is 2.64. The molecule has 1 aliphatic heterocycles. The van der Waals surface area contributed by atoms with E-state index in [1.807, 2.05) is 0 Å². The highest BCUT2D eigenvalue weighted by Crippen LogP contribution is 2.09.